The van der Waals surface area contributed by atoms with E-state index in [2.05, 4.69) is 0 Å². The number of carbonyl (C=O) groups is 1. The Bertz CT molecular complexity index is 702. The highest BCUT2D eigenvalue weighted by molar-refractivity contribution is 5.80. The number of ether oxygens (including phenoxy) is 2. The van der Waals surface area contributed by atoms with E-state index in [1.807, 2.05) is 12.1 Å². The maximum atomic E-state index is 12.9. The van der Waals surface area contributed by atoms with Gasteiger partial charge in [0.05, 0.1) is 0 Å². The van der Waals surface area contributed by atoms with Crippen LogP contribution in [0.4, 0.5) is 4.39 Å². The number of hydroxylamine groups is 1. The molecule has 0 saturated heterocycles. The van der Waals surface area contributed by atoms with E-state index in [0.717, 1.165) is 11.1 Å². The molecule has 3 rings (SSSR count). The maximum Gasteiger partial charge on any atom is 0.284 e. The largest absolute Gasteiger partial charge is 0.489 e. The van der Waals surface area contributed by atoms with Crippen molar-refractivity contribution in [2.75, 3.05) is 0 Å². The highest BCUT2D eigenvalue weighted by Crippen LogP contribution is 2.31. The van der Waals surface area contributed by atoms with Crippen molar-refractivity contribution in [1.29, 1.82) is 0 Å². The van der Waals surface area contributed by atoms with Crippen molar-refractivity contribution in [3.8, 4) is 11.5 Å². The van der Waals surface area contributed by atoms with Gasteiger partial charge in [0.1, 0.15) is 23.9 Å². The van der Waals surface area contributed by atoms with Crippen LogP contribution in [0.25, 0.3) is 0 Å². The van der Waals surface area contributed by atoms with E-state index >= 15 is 0 Å². The molecule has 0 fully saturated rings. The number of rotatable bonds is 4. The molecule has 1 aliphatic rings. The van der Waals surface area contributed by atoms with Gasteiger partial charge in [-0.3, -0.25) is 10.0 Å². The molecule has 0 aliphatic carbocycles. The Labute approximate surface area is 132 Å². The number of hydrogen-bond donors (Lipinski definition) is 2. The molecule has 1 aliphatic heterocycles. The Morgan fingerprint density at radius 1 is 1.30 bits per heavy atom. The van der Waals surface area contributed by atoms with E-state index < -0.39 is 12.0 Å². The van der Waals surface area contributed by atoms with Gasteiger partial charge in [-0.15, -0.1) is 0 Å². The maximum absolute atomic E-state index is 12.9. The Morgan fingerprint density at radius 3 is 2.83 bits per heavy atom. The summed E-state index contributed by atoms with van der Waals surface area (Å²) < 4.78 is 24.1. The van der Waals surface area contributed by atoms with Gasteiger partial charge in [0.2, 0.25) is 0 Å². The number of halogens is 1. The van der Waals surface area contributed by atoms with Crippen LogP contribution in [0.5, 0.6) is 11.5 Å². The summed E-state index contributed by atoms with van der Waals surface area (Å²) >= 11 is 0. The van der Waals surface area contributed by atoms with Gasteiger partial charge >= 0.3 is 0 Å². The Kier molecular flexibility index (Phi) is 4.43. The molecular formula is C17H16FNO4. The first-order valence-electron chi connectivity index (χ1n) is 7.26. The molecule has 2 N–H and O–H groups in total. The first kappa shape index (κ1) is 15.3. The van der Waals surface area contributed by atoms with E-state index in [1.165, 1.54) is 12.1 Å². The van der Waals surface area contributed by atoms with Gasteiger partial charge in [-0.1, -0.05) is 18.2 Å². The number of hydrogen-bond acceptors (Lipinski definition) is 4. The number of fused-ring (bicyclic) bond motifs is 1. The summed E-state index contributed by atoms with van der Waals surface area (Å²) in [5.74, 6) is 0.317. The molecule has 0 saturated carbocycles. The van der Waals surface area contributed by atoms with Crippen LogP contribution in [0.1, 0.15) is 17.5 Å². The molecule has 0 bridgehead atoms. The predicted octanol–water partition coefficient (Wildman–Crippen LogP) is 2.60. The van der Waals surface area contributed by atoms with Crippen molar-refractivity contribution in [1.82, 2.24) is 5.48 Å². The molecule has 23 heavy (non-hydrogen) atoms. The molecule has 5 nitrogen and oxygen atoms in total. The van der Waals surface area contributed by atoms with E-state index in [9.17, 15) is 9.18 Å². The van der Waals surface area contributed by atoms with Crippen LogP contribution < -0.4 is 15.0 Å². The van der Waals surface area contributed by atoms with Gasteiger partial charge in [-0.05, 0) is 42.2 Å². The molecule has 0 radical (unpaired) electrons. The Morgan fingerprint density at radius 2 is 2.09 bits per heavy atom. The molecule has 1 atom stereocenters. The van der Waals surface area contributed by atoms with Gasteiger partial charge in [0, 0.05) is 6.07 Å². The first-order valence-corrected chi connectivity index (χ1v) is 7.26. The summed E-state index contributed by atoms with van der Waals surface area (Å²) in [6.07, 6.45) is 0.487. The van der Waals surface area contributed by atoms with Crippen LogP contribution >= 0.6 is 0 Å². The second-order valence-corrected chi connectivity index (χ2v) is 5.31. The zero-order chi connectivity index (χ0) is 16.2. The SMILES string of the molecule is O=C(NO)C1CCc2ccc(OCc3ccc(F)cc3)cc2O1. The van der Waals surface area contributed by atoms with Crippen molar-refractivity contribution in [3.63, 3.8) is 0 Å². The van der Waals surface area contributed by atoms with Crippen molar-refractivity contribution < 1.29 is 23.9 Å². The van der Waals surface area contributed by atoms with E-state index in [-0.39, 0.29) is 5.82 Å². The van der Waals surface area contributed by atoms with Crippen molar-refractivity contribution >= 4 is 5.91 Å². The standard InChI is InChI=1S/C17H16FNO4/c18-13-5-1-11(2-6-13)10-22-14-7-3-12-4-8-15(17(20)19-21)23-16(12)9-14/h1-3,5-7,9,15,21H,4,8,10H2,(H,19,20). The fourth-order valence-corrected chi connectivity index (χ4v) is 2.44. The third kappa shape index (κ3) is 3.60. The summed E-state index contributed by atoms with van der Waals surface area (Å²) in [4.78, 5) is 11.5. The van der Waals surface area contributed by atoms with Gasteiger partial charge in [-0.25, -0.2) is 9.87 Å². The summed E-state index contributed by atoms with van der Waals surface area (Å²) in [5.41, 5.74) is 3.44. The monoisotopic (exact) mass is 317 g/mol. The summed E-state index contributed by atoms with van der Waals surface area (Å²) in [6, 6.07) is 11.5. The molecule has 2 aromatic rings. The highest BCUT2D eigenvalue weighted by Gasteiger charge is 2.26. The Hall–Kier alpha value is -2.60. The summed E-state index contributed by atoms with van der Waals surface area (Å²) in [7, 11) is 0. The lowest BCUT2D eigenvalue weighted by atomic mass is 10.0. The van der Waals surface area contributed by atoms with E-state index in [4.69, 9.17) is 14.7 Å². The average Bonchev–Trinajstić information content (AvgIpc) is 2.60. The van der Waals surface area contributed by atoms with Crippen molar-refractivity contribution in [3.05, 3.63) is 59.4 Å². The van der Waals surface area contributed by atoms with E-state index in [1.54, 1.807) is 23.7 Å². The molecule has 1 amide bonds. The lowest BCUT2D eigenvalue weighted by molar-refractivity contribution is -0.137. The van der Waals surface area contributed by atoms with Gasteiger partial charge in [0.15, 0.2) is 6.10 Å². The number of nitrogens with one attached hydrogen (secondary N) is 1. The molecule has 0 aromatic heterocycles. The topological polar surface area (TPSA) is 67.8 Å². The van der Waals surface area contributed by atoms with Crippen LogP contribution in [0.15, 0.2) is 42.5 Å². The quantitative estimate of drug-likeness (QED) is 0.672. The van der Waals surface area contributed by atoms with Gasteiger partial charge in [-0.2, -0.15) is 0 Å². The zero-order valence-electron chi connectivity index (χ0n) is 12.3. The van der Waals surface area contributed by atoms with Crippen LogP contribution in [0.2, 0.25) is 0 Å². The van der Waals surface area contributed by atoms with Gasteiger partial charge < -0.3 is 9.47 Å². The number of amides is 1. The minimum atomic E-state index is -0.708. The molecule has 120 valence electrons. The minimum absolute atomic E-state index is 0.288. The first-order chi connectivity index (χ1) is 11.2. The van der Waals surface area contributed by atoms with E-state index in [0.29, 0.717) is 30.9 Å². The number of aryl methyl sites for hydroxylation is 1. The molecule has 1 heterocycles. The highest BCUT2D eigenvalue weighted by atomic mass is 19.1. The number of carbonyl (C=O) groups excluding carboxylic acids is 1. The second-order valence-electron chi connectivity index (χ2n) is 5.31. The summed E-state index contributed by atoms with van der Waals surface area (Å²) in [6.45, 7) is 0.305. The van der Waals surface area contributed by atoms with Crippen LogP contribution in [0, 0.1) is 5.82 Å². The van der Waals surface area contributed by atoms with Gasteiger partial charge in [0.25, 0.3) is 5.91 Å². The molecule has 6 heteroatoms. The average molecular weight is 317 g/mol. The third-order valence-electron chi connectivity index (χ3n) is 3.71. The second kappa shape index (κ2) is 6.66. The molecule has 1 unspecified atom stereocenters. The van der Waals surface area contributed by atoms with Crippen LogP contribution in [-0.2, 0) is 17.8 Å². The van der Waals surface area contributed by atoms with Crippen molar-refractivity contribution in [2.45, 2.75) is 25.6 Å². The normalized spacial score (nSPS) is 16.2. The lowest BCUT2D eigenvalue weighted by Gasteiger charge is -2.24. The molecular weight excluding hydrogens is 301 g/mol. The van der Waals surface area contributed by atoms with Crippen LogP contribution in [0.3, 0.4) is 0 Å². The molecule has 0 spiro atoms. The summed E-state index contributed by atoms with van der Waals surface area (Å²) in [5, 5.41) is 8.69. The fourth-order valence-electron chi connectivity index (χ4n) is 2.44. The fraction of sp³-hybridized carbons (Fsp3) is 0.235. The number of benzene rings is 2. The molecule has 2 aromatic carbocycles. The predicted molar refractivity (Wildman–Crippen MR) is 79.8 cm³/mol. The van der Waals surface area contributed by atoms with Crippen molar-refractivity contribution in [2.24, 2.45) is 0 Å². The zero-order valence-corrected chi connectivity index (χ0v) is 12.3. The minimum Gasteiger partial charge on any atom is -0.489 e. The smallest absolute Gasteiger partial charge is 0.284 e. The lowest BCUT2D eigenvalue weighted by Crippen LogP contribution is -2.38. The third-order valence-corrected chi connectivity index (χ3v) is 3.71. The van der Waals surface area contributed by atoms with Crippen LogP contribution in [-0.4, -0.2) is 17.2 Å². The Balaban J connectivity index is 1.68.